The van der Waals surface area contributed by atoms with Gasteiger partial charge in [0.1, 0.15) is 0 Å². The number of ether oxygens (including phenoxy) is 1. The number of carbonyl (C=O) groups excluding carboxylic acids is 1. The van der Waals surface area contributed by atoms with E-state index in [0.29, 0.717) is 19.3 Å². The first-order valence-corrected chi connectivity index (χ1v) is 15.8. The van der Waals surface area contributed by atoms with Crippen LogP contribution in [0.3, 0.4) is 0 Å². The van der Waals surface area contributed by atoms with Crippen LogP contribution in [-0.2, 0) is 33.5 Å². The Morgan fingerprint density at radius 3 is 1.60 bits per heavy atom. The summed E-state index contributed by atoms with van der Waals surface area (Å²) in [5.74, 6) is -8.29. The molecular weight excluding hydrogens is 564 g/mol. The lowest BCUT2D eigenvalue weighted by Crippen LogP contribution is -2.47. The van der Waals surface area contributed by atoms with Crippen LogP contribution < -0.4 is 10.8 Å². The number of carboxylic acid groups (broad SMARTS) is 4. The predicted octanol–water partition coefficient (Wildman–Crippen LogP) is 2.67. The van der Waals surface area contributed by atoms with E-state index in [1.54, 1.807) is 0 Å². The zero-order chi connectivity index (χ0) is 31.1. The highest BCUT2D eigenvalue weighted by atomic mass is 16.6. The number of hydrogen-bond acceptors (Lipinski definition) is 8. The minimum absolute atomic E-state index is 0.0199. The Labute approximate surface area is 251 Å². The van der Waals surface area contributed by atoms with Crippen molar-refractivity contribution in [3.63, 3.8) is 0 Å². The van der Waals surface area contributed by atoms with E-state index in [2.05, 4.69) is 10.8 Å². The van der Waals surface area contributed by atoms with E-state index < -0.39 is 53.5 Å². The van der Waals surface area contributed by atoms with Crippen molar-refractivity contribution >= 4 is 29.8 Å². The van der Waals surface area contributed by atoms with Gasteiger partial charge in [-0.05, 0) is 95.8 Å². The second-order valence-corrected chi connectivity index (χ2v) is 13.0. The number of hydroxylamine groups is 1. The van der Waals surface area contributed by atoms with E-state index in [1.165, 1.54) is 0 Å². The third-order valence-corrected chi connectivity index (χ3v) is 10.1. The summed E-state index contributed by atoms with van der Waals surface area (Å²) in [5.41, 5.74) is 3.08. The fourth-order valence-corrected chi connectivity index (χ4v) is 7.45. The van der Waals surface area contributed by atoms with Gasteiger partial charge in [0.15, 0.2) is 0 Å². The number of carboxylic acids is 4. The van der Waals surface area contributed by atoms with Crippen molar-refractivity contribution in [2.24, 2.45) is 35.5 Å². The predicted molar refractivity (Wildman–Crippen MR) is 150 cm³/mol. The summed E-state index contributed by atoms with van der Waals surface area (Å²) >= 11 is 0. The SMILES string of the molecule is O=C(O)C1CCC(CONC2CCC(OC3CCC(NC(=O)C4CCC(C(=O)O)CC4C(=O)O)CC3)CC2)C(C(=O)O)C1. The van der Waals surface area contributed by atoms with Crippen LogP contribution in [0.4, 0.5) is 0 Å². The van der Waals surface area contributed by atoms with Crippen LogP contribution in [0.25, 0.3) is 0 Å². The van der Waals surface area contributed by atoms with E-state index in [1.807, 2.05) is 0 Å². The monoisotopic (exact) mass is 610 g/mol. The third kappa shape index (κ3) is 9.12. The van der Waals surface area contributed by atoms with Crippen molar-refractivity contribution in [3.05, 3.63) is 0 Å². The van der Waals surface area contributed by atoms with Crippen LogP contribution in [0.5, 0.6) is 0 Å². The lowest BCUT2D eigenvalue weighted by atomic mass is 9.73. The van der Waals surface area contributed by atoms with E-state index in [0.717, 1.165) is 51.4 Å². The Balaban J connectivity index is 1.11. The zero-order valence-corrected chi connectivity index (χ0v) is 24.5. The second kappa shape index (κ2) is 15.3. The standard InChI is InChI=1S/C30H46N2O11/c33-26(23-12-3-17(28(36)37)14-25(23)30(40)41)31-19-4-8-21(9-5-19)43-22-10-6-20(7-11-22)32-42-15-18-2-1-16(27(34)35)13-24(18)29(38)39/h16-25,32H,1-15H2,(H,31,33)(H,34,35)(H,36,37)(H,38,39)(H,40,41). The first kappa shape index (κ1) is 33.1. The molecule has 0 heterocycles. The molecule has 13 nitrogen and oxygen atoms in total. The summed E-state index contributed by atoms with van der Waals surface area (Å²) in [7, 11) is 0. The van der Waals surface area contributed by atoms with Crippen molar-refractivity contribution < 1.29 is 54.0 Å². The van der Waals surface area contributed by atoms with Gasteiger partial charge in [-0.25, -0.2) is 0 Å². The molecule has 4 rings (SSSR count). The van der Waals surface area contributed by atoms with Gasteiger partial charge in [-0.15, -0.1) is 0 Å². The summed E-state index contributed by atoms with van der Waals surface area (Å²) in [4.78, 5) is 64.6. The van der Waals surface area contributed by atoms with Gasteiger partial charge in [-0.2, -0.15) is 5.48 Å². The average molecular weight is 611 g/mol. The largest absolute Gasteiger partial charge is 0.481 e. The first-order chi connectivity index (χ1) is 20.5. The van der Waals surface area contributed by atoms with Crippen molar-refractivity contribution in [3.8, 4) is 0 Å². The maximum absolute atomic E-state index is 12.9. The molecule has 1 amide bonds. The molecule has 242 valence electrons. The van der Waals surface area contributed by atoms with E-state index in [-0.39, 0.29) is 62.0 Å². The summed E-state index contributed by atoms with van der Waals surface area (Å²) in [6, 6.07) is 0.0978. The maximum atomic E-state index is 12.9. The van der Waals surface area contributed by atoms with Crippen LogP contribution in [0.1, 0.15) is 89.9 Å². The highest BCUT2D eigenvalue weighted by molar-refractivity contribution is 5.86. The number of carbonyl (C=O) groups is 5. The minimum atomic E-state index is -1.12. The molecule has 0 aromatic heterocycles. The molecular formula is C30H46N2O11. The van der Waals surface area contributed by atoms with Crippen LogP contribution in [0.2, 0.25) is 0 Å². The number of aliphatic carboxylic acids is 4. The highest BCUT2D eigenvalue weighted by Gasteiger charge is 2.42. The minimum Gasteiger partial charge on any atom is -0.481 e. The Morgan fingerprint density at radius 2 is 1.07 bits per heavy atom. The Morgan fingerprint density at radius 1 is 0.558 bits per heavy atom. The van der Waals surface area contributed by atoms with Crippen LogP contribution in [0, 0.1) is 35.5 Å². The van der Waals surface area contributed by atoms with Crippen LogP contribution >= 0.6 is 0 Å². The van der Waals surface area contributed by atoms with Crippen molar-refractivity contribution in [1.29, 1.82) is 0 Å². The van der Waals surface area contributed by atoms with Crippen LogP contribution in [-0.4, -0.2) is 81.1 Å². The molecule has 13 heteroatoms. The van der Waals surface area contributed by atoms with Gasteiger partial charge < -0.3 is 35.3 Å². The molecule has 0 radical (unpaired) electrons. The number of hydrogen-bond donors (Lipinski definition) is 6. The summed E-state index contributed by atoms with van der Waals surface area (Å²) in [6.07, 6.45) is 8.45. The quantitative estimate of drug-likeness (QED) is 0.176. The molecule has 4 aliphatic carbocycles. The van der Waals surface area contributed by atoms with Crippen LogP contribution in [0.15, 0.2) is 0 Å². The van der Waals surface area contributed by atoms with Gasteiger partial charge in [-0.3, -0.25) is 24.0 Å². The molecule has 0 aliphatic heterocycles. The Hall–Kier alpha value is -2.77. The second-order valence-electron chi connectivity index (χ2n) is 13.0. The molecule has 4 aliphatic rings. The van der Waals surface area contributed by atoms with E-state index in [4.69, 9.17) is 9.57 Å². The molecule has 6 unspecified atom stereocenters. The molecule has 0 aromatic rings. The molecule has 0 saturated heterocycles. The smallest absolute Gasteiger partial charge is 0.307 e. The zero-order valence-electron chi connectivity index (χ0n) is 24.5. The van der Waals surface area contributed by atoms with Crippen molar-refractivity contribution in [1.82, 2.24) is 10.8 Å². The first-order valence-electron chi connectivity index (χ1n) is 15.8. The van der Waals surface area contributed by atoms with E-state index >= 15 is 0 Å². The molecule has 6 atom stereocenters. The number of rotatable bonds is 12. The molecule has 43 heavy (non-hydrogen) atoms. The summed E-state index contributed by atoms with van der Waals surface area (Å²) < 4.78 is 6.37. The number of amides is 1. The lowest BCUT2D eigenvalue weighted by Gasteiger charge is -2.36. The van der Waals surface area contributed by atoms with Gasteiger partial charge in [0.05, 0.1) is 48.4 Å². The van der Waals surface area contributed by atoms with Gasteiger partial charge in [0.25, 0.3) is 0 Å². The molecule has 4 saturated carbocycles. The fraction of sp³-hybridized carbons (Fsp3) is 0.833. The topological polar surface area (TPSA) is 209 Å². The van der Waals surface area contributed by atoms with Gasteiger partial charge in [-0.1, -0.05) is 0 Å². The van der Waals surface area contributed by atoms with Gasteiger partial charge in [0.2, 0.25) is 5.91 Å². The molecule has 4 fully saturated rings. The average Bonchev–Trinajstić information content (AvgIpc) is 2.98. The van der Waals surface area contributed by atoms with Gasteiger partial charge in [0, 0.05) is 12.1 Å². The molecule has 6 N–H and O–H groups in total. The fourth-order valence-electron chi connectivity index (χ4n) is 7.45. The van der Waals surface area contributed by atoms with E-state index in [9.17, 15) is 44.4 Å². The summed E-state index contributed by atoms with van der Waals surface area (Å²) in [6.45, 7) is 0.236. The molecule has 0 spiro atoms. The Bertz CT molecular complexity index is 1010. The van der Waals surface area contributed by atoms with Crippen molar-refractivity contribution in [2.45, 2.75) is 114 Å². The molecule has 0 bridgehead atoms. The summed E-state index contributed by atoms with van der Waals surface area (Å²) in [5, 5.41) is 40.6. The number of nitrogens with one attached hydrogen (secondary N) is 2. The maximum Gasteiger partial charge on any atom is 0.307 e. The normalized spacial score (nSPS) is 36.7. The molecule has 0 aromatic carbocycles. The van der Waals surface area contributed by atoms with Gasteiger partial charge >= 0.3 is 23.9 Å². The Kier molecular flexibility index (Phi) is 11.8. The highest BCUT2D eigenvalue weighted by Crippen LogP contribution is 2.36. The lowest BCUT2D eigenvalue weighted by molar-refractivity contribution is -0.154. The third-order valence-electron chi connectivity index (χ3n) is 10.1. The van der Waals surface area contributed by atoms with Crippen molar-refractivity contribution in [2.75, 3.05) is 6.61 Å².